The molecule has 1 unspecified atom stereocenters. The summed E-state index contributed by atoms with van der Waals surface area (Å²) in [5.74, 6) is -1.56. The average Bonchev–Trinajstić information content (AvgIpc) is 2.33. The van der Waals surface area contributed by atoms with Crippen molar-refractivity contribution in [3.8, 4) is 0 Å². The number of carbonyl (C=O) groups excluding carboxylic acids is 1. The standard InChI is InChI=1S/C11H11BrCl2N2O3/c1-5(17)16-8(11(18)19)4-15-7-3-2-6(12)9(13)10(7)14/h2-3,8,15H,4H2,1H3,(H,16,17)(H,18,19). The first-order chi connectivity index (χ1) is 8.82. The lowest BCUT2D eigenvalue weighted by molar-refractivity contribution is -0.141. The summed E-state index contributed by atoms with van der Waals surface area (Å²) < 4.78 is 0.640. The van der Waals surface area contributed by atoms with Crippen LogP contribution in [-0.4, -0.2) is 29.6 Å². The number of benzene rings is 1. The molecule has 1 aromatic carbocycles. The van der Waals surface area contributed by atoms with Gasteiger partial charge in [0.2, 0.25) is 5.91 Å². The third-order valence-corrected chi connectivity index (χ3v) is 3.98. The van der Waals surface area contributed by atoms with Crippen LogP contribution in [0.4, 0.5) is 5.69 Å². The largest absolute Gasteiger partial charge is 0.480 e. The first kappa shape index (κ1) is 16.1. The van der Waals surface area contributed by atoms with Gasteiger partial charge in [0.1, 0.15) is 6.04 Å². The van der Waals surface area contributed by atoms with E-state index in [0.717, 1.165) is 0 Å². The van der Waals surface area contributed by atoms with E-state index in [-0.39, 0.29) is 11.6 Å². The number of hydrogen-bond donors (Lipinski definition) is 3. The molecule has 0 aliphatic rings. The number of carbonyl (C=O) groups is 2. The van der Waals surface area contributed by atoms with E-state index in [1.807, 2.05) is 0 Å². The molecule has 5 nitrogen and oxygen atoms in total. The molecule has 0 bridgehead atoms. The molecule has 104 valence electrons. The molecule has 0 saturated carbocycles. The molecule has 0 aromatic heterocycles. The Balaban J connectivity index is 2.77. The van der Waals surface area contributed by atoms with Crippen molar-refractivity contribution in [1.29, 1.82) is 0 Å². The zero-order chi connectivity index (χ0) is 14.6. The van der Waals surface area contributed by atoms with Gasteiger partial charge in [-0.25, -0.2) is 4.79 Å². The van der Waals surface area contributed by atoms with Crippen molar-refractivity contribution in [3.63, 3.8) is 0 Å². The third kappa shape index (κ3) is 4.56. The third-order valence-electron chi connectivity index (χ3n) is 2.21. The molecule has 0 aliphatic carbocycles. The van der Waals surface area contributed by atoms with E-state index < -0.39 is 17.9 Å². The second kappa shape index (κ2) is 6.98. The molecule has 0 spiro atoms. The van der Waals surface area contributed by atoms with E-state index in [4.69, 9.17) is 28.3 Å². The number of carboxylic acid groups (broad SMARTS) is 1. The molecule has 0 fully saturated rings. The Bertz CT molecular complexity index is 511. The number of halogens is 3. The molecule has 0 aliphatic heterocycles. The molecule has 0 saturated heterocycles. The van der Waals surface area contributed by atoms with Crippen LogP contribution in [0.2, 0.25) is 10.0 Å². The molecule has 0 radical (unpaired) electrons. The Labute approximate surface area is 128 Å². The van der Waals surface area contributed by atoms with E-state index in [0.29, 0.717) is 15.2 Å². The van der Waals surface area contributed by atoms with Crippen molar-refractivity contribution >= 4 is 56.7 Å². The van der Waals surface area contributed by atoms with Crippen LogP contribution in [0.25, 0.3) is 0 Å². The molecular weight excluding hydrogens is 359 g/mol. The van der Waals surface area contributed by atoms with Crippen LogP contribution < -0.4 is 10.6 Å². The van der Waals surface area contributed by atoms with Gasteiger partial charge in [-0.1, -0.05) is 23.2 Å². The molecule has 1 atom stereocenters. The second-order valence-electron chi connectivity index (χ2n) is 3.70. The summed E-state index contributed by atoms with van der Waals surface area (Å²) in [5, 5.41) is 14.7. The van der Waals surface area contributed by atoms with Crippen molar-refractivity contribution in [1.82, 2.24) is 5.32 Å². The predicted molar refractivity (Wildman–Crippen MR) is 77.9 cm³/mol. The monoisotopic (exact) mass is 368 g/mol. The molecule has 1 aromatic rings. The van der Waals surface area contributed by atoms with Crippen LogP contribution in [0.3, 0.4) is 0 Å². The number of amides is 1. The smallest absolute Gasteiger partial charge is 0.328 e. The number of nitrogens with one attached hydrogen (secondary N) is 2. The van der Waals surface area contributed by atoms with Gasteiger partial charge < -0.3 is 15.7 Å². The second-order valence-corrected chi connectivity index (χ2v) is 5.31. The lowest BCUT2D eigenvalue weighted by Crippen LogP contribution is -2.44. The van der Waals surface area contributed by atoms with E-state index in [9.17, 15) is 9.59 Å². The molecule has 19 heavy (non-hydrogen) atoms. The lowest BCUT2D eigenvalue weighted by Gasteiger charge is -2.16. The maximum atomic E-state index is 10.9. The Morgan fingerprint density at radius 1 is 1.37 bits per heavy atom. The van der Waals surface area contributed by atoms with Crippen molar-refractivity contribution in [2.45, 2.75) is 13.0 Å². The highest BCUT2D eigenvalue weighted by atomic mass is 79.9. The van der Waals surface area contributed by atoms with Gasteiger partial charge in [0, 0.05) is 17.9 Å². The highest BCUT2D eigenvalue weighted by molar-refractivity contribution is 9.10. The first-order valence-electron chi connectivity index (χ1n) is 5.20. The molecule has 8 heteroatoms. The van der Waals surface area contributed by atoms with Gasteiger partial charge in [0.05, 0.1) is 15.7 Å². The van der Waals surface area contributed by atoms with Crippen molar-refractivity contribution in [3.05, 3.63) is 26.7 Å². The van der Waals surface area contributed by atoms with Crippen LogP contribution in [0.15, 0.2) is 16.6 Å². The van der Waals surface area contributed by atoms with Crippen molar-refractivity contribution in [2.75, 3.05) is 11.9 Å². The van der Waals surface area contributed by atoms with E-state index in [2.05, 4.69) is 26.6 Å². The highest BCUT2D eigenvalue weighted by Gasteiger charge is 2.18. The summed E-state index contributed by atoms with van der Waals surface area (Å²) in [5.41, 5.74) is 0.492. The van der Waals surface area contributed by atoms with E-state index in [1.165, 1.54) is 6.92 Å². The molecule has 3 N–H and O–H groups in total. The Kier molecular flexibility index (Phi) is 5.90. The van der Waals surface area contributed by atoms with Crippen LogP contribution >= 0.6 is 39.1 Å². The SMILES string of the molecule is CC(=O)NC(CNc1ccc(Br)c(Cl)c1Cl)C(=O)O. The zero-order valence-corrected chi connectivity index (χ0v) is 12.9. The first-order valence-corrected chi connectivity index (χ1v) is 6.75. The van der Waals surface area contributed by atoms with Crippen LogP contribution in [-0.2, 0) is 9.59 Å². The summed E-state index contributed by atoms with van der Waals surface area (Å²) in [6.07, 6.45) is 0. The Morgan fingerprint density at radius 3 is 2.53 bits per heavy atom. The fourth-order valence-corrected chi connectivity index (χ4v) is 2.16. The van der Waals surface area contributed by atoms with Crippen molar-refractivity contribution < 1.29 is 14.7 Å². The number of carboxylic acids is 1. The summed E-state index contributed by atoms with van der Waals surface area (Å²) in [4.78, 5) is 21.8. The van der Waals surface area contributed by atoms with Gasteiger partial charge in [-0.3, -0.25) is 4.79 Å². The number of hydrogen-bond acceptors (Lipinski definition) is 3. The van der Waals surface area contributed by atoms with Gasteiger partial charge in [-0.2, -0.15) is 0 Å². The fourth-order valence-electron chi connectivity index (χ4n) is 1.32. The predicted octanol–water partition coefficient (Wildman–Crippen LogP) is 2.76. The van der Waals surface area contributed by atoms with Gasteiger partial charge in [-0.05, 0) is 28.1 Å². The van der Waals surface area contributed by atoms with Crippen LogP contribution in [0.1, 0.15) is 6.92 Å². The maximum absolute atomic E-state index is 10.9. The van der Waals surface area contributed by atoms with Gasteiger partial charge in [0.15, 0.2) is 0 Å². The quantitative estimate of drug-likeness (QED) is 0.697. The molecule has 1 rings (SSSR count). The minimum absolute atomic E-state index is 0.00735. The summed E-state index contributed by atoms with van der Waals surface area (Å²) in [6, 6.07) is 2.30. The minimum atomic E-state index is -1.14. The molecular formula is C11H11BrCl2N2O3. The number of anilines is 1. The normalized spacial score (nSPS) is 11.8. The molecule has 1 amide bonds. The Hall–Kier alpha value is -0.980. The topological polar surface area (TPSA) is 78.4 Å². The lowest BCUT2D eigenvalue weighted by atomic mass is 10.2. The summed E-state index contributed by atoms with van der Waals surface area (Å²) in [6.45, 7) is 1.24. The average molecular weight is 370 g/mol. The summed E-state index contributed by atoms with van der Waals surface area (Å²) >= 11 is 15.2. The fraction of sp³-hybridized carbons (Fsp3) is 0.273. The van der Waals surface area contributed by atoms with Crippen molar-refractivity contribution in [2.24, 2.45) is 0 Å². The number of aliphatic carboxylic acids is 1. The van der Waals surface area contributed by atoms with E-state index in [1.54, 1.807) is 12.1 Å². The minimum Gasteiger partial charge on any atom is -0.480 e. The Morgan fingerprint density at radius 2 is 2.00 bits per heavy atom. The van der Waals surface area contributed by atoms with Crippen LogP contribution in [0.5, 0.6) is 0 Å². The zero-order valence-electron chi connectivity index (χ0n) is 9.84. The van der Waals surface area contributed by atoms with E-state index >= 15 is 0 Å². The molecule has 0 heterocycles. The van der Waals surface area contributed by atoms with Crippen LogP contribution in [0, 0.1) is 0 Å². The van der Waals surface area contributed by atoms with Gasteiger partial charge >= 0.3 is 5.97 Å². The highest BCUT2D eigenvalue weighted by Crippen LogP contribution is 2.35. The van der Waals surface area contributed by atoms with Gasteiger partial charge in [0.25, 0.3) is 0 Å². The maximum Gasteiger partial charge on any atom is 0.328 e. The number of rotatable bonds is 5. The van der Waals surface area contributed by atoms with Gasteiger partial charge in [-0.15, -0.1) is 0 Å². The summed E-state index contributed by atoms with van der Waals surface area (Å²) in [7, 11) is 0.